The molecule has 6 nitrogen and oxygen atoms in total. The lowest BCUT2D eigenvalue weighted by atomic mass is 9.87. The van der Waals surface area contributed by atoms with Crippen molar-refractivity contribution in [1.82, 2.24) is 4.98 Å². The predicted molar refractivity (Wildman–Crippen MR) is 82.0 cm³/mol. The van der Waals surface area contributed by atoms with Crippen molar-refractivity contribution in [3.05, 3.63) is 23.6 Å². The van der Waals surface area contributed by atoms with E-state index in [9.17, 15) is 18.8 Å². The van der Waals surface area contributed by atoms with Crippen LogP contribution < -0.4 is 4.74 Å². The molecule has 0 saturated heterocycles. The molecular formula is C17H20FNO5. The van der Waals surface area contributed by atoms with E-state index in [1.807, 2.05) is 0 Å². The maximum absolute atomic E-state index is 14.1. The minimum atomic E-state index is -0.668. The van der Waals surface area contributed by atoms with Crippen LogP contribution in [0.1, 0.15) is 38.2 Å². The molecule has 0 bridgehead atoms. The molecule has 1 saturated carbocycles. The van der Waals surface area contributed by atoms with Crippen molar-refractivity contribution in [3.8, 4) is 5.88 Å². The fraction of sp³-hybridized carbons (Fsp3) is 0.529. The van der Waals surface area contributed by atoms with Crippen LogP contribution in [0, 0.1) is 11.7 Å². The van der Waals surface area contributed by atoms with Crippen molar-refractivity contribution >= 4 is 17.5 Å². The molecule has 24 heavy (non-hydrogen) atoms. The van der Waals surface area contributed by atoms with Crippen LogP contribution in [-0.2, 0) is 25.5 Å². The van der Waals surface area contributed by atoms with Gasteiger partial charge in [0.2, 0.25) is 5.78 Å². The van der Waals surface area contributed by atoms with Crippen molar-refractivity contribution in [3.63, 3.8) is 0 Å². The lowest BCUT2D eigenvalue weighted by molar-refractivity contribution is -0.147. The number of pyridine rings is 1. The van der Waals surface area contributed by atoms with Gasteiger partial charge in [0.05, 0.1) is 13.0 Å². The molecule has 1 aromatic rings. The number of carbonyl (C=O) groups excluding carboxylic acids is 3. The molecule has 0 N–H and O–H groups in total. The number of aromatic nitrogens is 1. The molecule has 0 aromatic carbocycles. The molecule has 7 heteroatoms. The zero-order valence-corrected chi connectivity index (χ0v) is 13.7. The fourth-order valence-electron chi connectivity index (χ4n) is 2.70. The minimum Gasteiger partial charge on any atom is -0.472 e. The number of halogens is 1. The molecule has 0 aliphatic heterocycles. The Morgan fingerprint density at radius 1 is 1.25 bits per heavy atom. The second-order valence-electron chi connectivity index (χ2n) is 5.90. The summed E-state index contributed by atoms with van der Waals surface area (Å²) >= 11 is 0. The highest BCUT2D eigenvalue weighted by molar-refractivity contribution is 6.36. The van der Waals surface area contributed by atoms with Crippen molar-refractivity contribution < 1.29 is 28.2 Å². The van der Waals surface area contributed by atoms with Gasteiger partial charge in [-0.15, -0.1) is 0 Å². The number of hydrogen-bond donors (Lipinski definition) is 0. The van der Waals surface area contributed by atoms with E-state index >= 15 is 0 Å². The van der Waals surface area contributed by atoms with E-state index in [1.165, 1.54) is 20.2 Å². The molecule has 1 aliphatic carbocycles. The molecule has 0 amide bonds. The first kappa shape index (κ1) is 18.0. The fourth-order valence-corrected chi connectivity index (χ4v) is 2.70. The third-order valence-corrected chi connectivity index (χ3v) is 4.11. The average Bonchev–Trinajstić information content (AvgIpc) is 2.57. The Hall–Kier alpha value is -2.31. The molecule has 1 fully saturated rings. The molecule has 0 atom stereocenters. The SMILES string of the molecule is COC(=O)C1CCC(Oc2ncc(CC(=O)C(C)=O)cc2F)CC1. The van der Waals surface area contributed by atoms with Crippen LogP contribution in [-0.4, -0.2) is 35.7 Å². The van der Waals surface area contributed by atoms with Crippen LogP contribution in [0.3, 0.4) is 0 Å². The minimum absolute atomic E-state index is 0.129. The predicted octanol–water partition coefficient (Wildman–Crippen LogP) is 2.03. The highest BCUT2D eigenvalue weighted by Gasteiger charge is 2.28. The lowest BCUT2D eigenvalue weighted by Gasteiger charge is -2.27. The molecular weight excluding hydrogens is 317 g/mol. The third-order valence-electron chi connectivity index (χ3n) is 4.11. The topological polar surface area (TPSA) is 82.6 Å². The van der Waals surface area contributed by atoms with Crippen LogP contribution in [0.4, 0.5) is 4.39 Å². The van der Waals surface area contributed by atoms with Gasteiger partial charge in [-0.05, 0) is 37.3 Å². The summed E-state index contributed by atoms with van der Waals surface area (Å²) in [5.41, 5.74) is 0.328. The number of hydrogen-bond acceptors (Lipinski definition) is 6. The number of rotatable bonds is 6. The van der Waals surface area contributed by atoms with Crippen molar-refractivity contribution in [2.45, 2.75) is 45.1 Å². The molecule has 0 unspecified atom stereocenters. The summed E-state index contributed by atoms with van der Waals surface area (Å²) in [7, 11) is 1.36. The van der Waals surface area contributed by atoms with Crippen molar-refractivity contribution in [2.24, 2.45) is 5.92 Å². The van der Waals surface area contributed by atoms with Gasteiger partial charge in [-0.1, -0.05) is 0 Å². The van der Waals surface area contributed by atoms with E-state index in [2.05, 4.69) is 4.98 Å². The molecule has 0 spiro atoms. The summed E-state index contributed by atoms with van der Waals surface area (Å²) in [5.74, 6) is -2.32. The quantitative estimate of drug-likeness (QED) is 0.583. The number of methoxy groups -OCH3 is 1. The number of nitrogens with zero attached hydrogens (tertiary/aromatic N) is 1. The Labute approximate surface area is 139 Å². The summed E-state index contributed by atoms with van der Waals surface area (Å²) < 4.78 is 24.3. The lowest BCUT2D eigenvalue weighted by Crippen LogP contribution is -2.29. The van der Waals surface area contributed by atoms with Crippen LogP contribution >= 0.6 is 0 Å². The second kappa shape index (κ2) is 7.99. The maximum Gasteiger partial charge on any atom is 0.308 e. The Morgan fingerprint density at radius 3 is 2.46 bits per heavy atom. The molecule has 130 valence electrons. The number of ketones is 2. The largest absolute Gasteiger partial charge is 0.472 e. The van der Waals surface area contributed by atoms with E-state index in [0.717, 1.165) is 6.07 Å². The standard InChI is InChI=1S/C17H20FNO5/c1-10(20)15(21)8-11-7-14(18)16(19-9-11)24-13-5-3-12(4-6-13)17(22)23-2/h7,9,12-13H,3-6,8H2,1-2H3. The molecule has 0 radical (unpaired) electrons. The van der Waals surface area contributed by atoms with E-state index in [-0.39, 0.29) is 30.3 Å². The summed E-state index contributed by atoms with van der Waals surface area (Å²) in [4.78, 5) is 37.7. The van der Waals surface area contributed by atoms with E-state index in [1.54, 1.807) is 0 Å². The number of ether oxygens (including phenoxy) is 2. The average molecular weight is 337 g/mol. The summed E-state index contributed by atoms with van der Waals surface area (Å²) in [5, 5.41) is 0. The summed E-state index contributed by atoms with van der Waals surface area (Å²) in [6.45, 7) is 1.17. The van der Waals surface area contributed by atoms with Gasteiger partial charge in [-0.25, -0.2) is 9.37 Å². The Kier molecular flexibility index (Phi) is 6.00. The van der Waals surface area contributed by atoms with Gasteiger partial charge in [-0.3, -0.25) is 14.4 Å². The highest BCUT2D eigenvalue weighted by Crippen LogP contribution is 2.28. The molecule has 1 heterocycles. The first-order valence-electron chi connectivity index (χ1n) is 7.83. The zero-order chi connectivity index (χ0) is 17.7. The van der Waals surface area contributed by atoms with Crippen molar-refractivity contribution in [1.29, 1.82) is 0 Å². The number of esters is 1. The van der Waals surface area contributed by atoms with Crippen LogP contribution in [0.15, 0.2) is 12.3 Å². The summed E-state index contributed by atoms with van der Waals surface area (Å²) in [6.07, 6.45) is 3.44. The Balaban J connectivity index is 1.93. The van der Waals surface area contributed by atoms with E-state index in [0.29, 0.717) is 31.2 Å². The first-order valence-corrected chi connectivity index (χ1v) is 7.83. The van der Waals surface area contributed by atoms with Crippen molar-refractivity contribution in [2.75, 3.05) is 7.11 Å². The number of carbonyl (C=O) groups is 3. The molecule has 1 aromatic heterocycles. The number of Topliss-reactive ketones (excluding diaryl/α,β-unsaturated/α-hetero) is 2. The van der Waals surface area contributed by atoms with Gasteiger partial charge in [-0.2, -0.15) is 0 Å². The van der Waals surface area contributed by atoms with Gasteiger partial charge >= 0.3 is 5.97 Å². The van der Waals surface area contributed by atoms with Gasteiger partial charge in [0.25, 0.3) is 5.88 Å². The Bertz CT molecular complexity index is 638. The normalized spacial score (nSPS) is 20.3. The molecule has 1 aliphatic rings. The smallest absolute Gasteiger partial charge is 0.308 e. The first-order chi connectivity index (χ1) is 11.4. The zero-order valence-electron chi connectivity index (χ0n) is 13.7. The van der Waals surface area contributed by atoms with Crippen LogP contribution in [0.25, 0.3) is 0 Å². The summed E-state index contributed by atoms with van der Waals surface area (Å²) in [6, 6.07) is 1.16. The van der Waals surface area contributed by atoms with Gasteiger partial charge < -0.3 is 9.47 Å². The van der Waals surface area contributed by atoms with E-state index in [4.69, 9.17) is 9.47 Å². The van der Waals surface area contributed by atoms with E-state index < -0.39 is 17.4 Å². The third kappa shape index (κ3) is 4.59. The maximum atomic E-state index is 14.1. The van der Waals surface area contributed by atoms with Crippen LogP contribution in [0.5, 0.6) is 5.88 Å². The second-order valence-corrected chi connectivity index (χ2v) is 5.90. The van der Waals surface area contributed by atoms with Gasteiger partial charge in [0.1, 0.15) is 6.10 Å². The van der Waals surface area contributed by atoms with Crippen LogP contribution in [0.2, 0.25) is 0 Å². The van der Waals surface area contributed by atoms with Gasteiger partial charge in [0, 0.05) is 19.5 Å². The highest BCUT2D eigenvalue weighted by atomic mass is 19.1. The van der Waals surface area contributed by atoms with Gasteiger partial charge in [0.15, 0.2) is 11.6 Å². The Morgan fingerprint density at radius 2 is 1.92 bits per heavy atom. The molecule has 2 rings (SSSR count). The monoisotopic (exact) mass is 337 g/mol.